The Balaban J connectivity index is 2.34. The normalized spacial score (nSPS) is 10.6. The van der Waals surface area contributed by atoms with Crippen molar-refractivity contribution in [1.82, 2.24) is 0 Å². The van der Waals surface area contributed by atoms with Gasteiger partial charge in [-0.2, -0.15) is 0 Å². The van der Waals surface area contributed by atoms with Gasteiger partial charge in [0, 0.05) is 17.2 Å². The highest BCUT2D eigenvalue weighted by Gasteiger charge is 2.11. The van der Waals surface area contributed by atoms with E-state index in [2.05, 4.69) is 0 Å². The Labute approximate surface area is 117 Å². The van der Waals surface area contributed by atoms with Gasteiger partial charge in [0.25, 0.3) is 0 Å². The molecule has 0 saturated carbocycles. The van der Waals surface area contributed by atoms with Gasteiger partial charge in [0.05, 0.1) is 18.2 Å². The van der Waals surface area contributed by atoms with Crippen LogP contribution in [0.1, 0.15) is 23.7 Å². The molecule has 100 valence electrons. The monoisotopic (exact) mass is 290 g/mol. The van der Waals surface area contributed by atoms with Crippen LogP contribution in [0.25, 0.3) is 0 Å². The number of halogens is 2. The second-order valence-electron chi connectivity index (χ2n) is 3.71. The molecular weight excluding hydrogens is 275 g/mol. The molecule has 1 aromatic rings. The molecular formula is C13H16Cl2O3. The van der Waals surface area contributed by atoms with Gasteiger partial charge in [0.2, 0.25) is 0 Å². The predicted octanol–water partition coefficient (Wildman–Crippen LogP) is 3.62. The Morgan fingerprint density at radius 3 is 2.61 bits per heavy atom. The molecule has 0 saturated heterocycles. The fourth-order valence-electron chi connectivity index (χ4n) is 1.32. The standard InChI is InChI=1S/C13H16Cl2O3/c1-2-5-17-6-7-18-9-13(16)11-8-10(14)3-4-12(11)15/h3-4,8H,2,5-7,9H2,1H3. The number of ether oxygens (including phenoxy) is 2. The van der Waals surface area contributed by atoms with E-state index in [0.29, 0.717) is 35.4 Å². The molecule has 0 aliphatic rings. The summed E-state index contributed by atoms with van der Waals surface area (Å²) >= 11 is 11.7. The van der Waals surface area contributed by atoms with Gasteiger partial charge in [0.15, 0.2) is 5.78 Å². The minimum atomic E-state index is -0.182. The van der Waals surface area contributed by atoms with E-state index in [1.165, 1.54) is 0 Å². The Morgan fingerprint density at radius 1 is 1.17 bits per heavy atom. The minimum Gasteiger partial charge on any atom is -0.379 e. The van der Waals surface area contributed by atoms with E-state index in [0.717, 1.165) is 6.42 Å². The first-order valence-electron chi connectivity index (χ1n) is 5.79. The van der Waals surface area contributed by atoms with E-state index in [4.69, 9.17) is 32.7 Å². The van der Waals surface area contributed by atoms with Crippen molar-refractivity contribution < 1.29 is 14.3 Å². The molecule has 0 aliphatic carbocycles. The number of carbonyl (C=O) groups excluding carboxylic acids is 1. The van der Waals surface area contributed by atoms with Crippen LogP contribution in [0.5, 0.6) is 0 Å². The lowest BCUT2D eigenvalue weighted by Crippen LogP contribution is -2.13. The third-order valence-electron chi connectivity index (χ3n) is 2.18. The summed E-state index contributed by atoms with van der Waals surface area (Å²) in [4.78, 5) is 11.8. The van der Waals surface area contributed by atoms with Crippen molar-refractivity contribution in [1.29, 1.82) is 0 Å². The maximum absolute atomic E-state index is 11.8. The number of hydrogen-bond donors (Lipinski definition) is 0. The number of Topliss-reactive ketones (excluding diaryl/α,β-unsaturated/α-hetero) is 1. The van der Waals surface area contributed by atoms with Gasteiger partial charge < -0.3 is 9.47 Å². The summed E-state index contributed by atoms with van der Waals surface area (Å²) in [5.41, 5.74) is 0.388. The molecule has 0 heterocycles. The van der Waals surface area contributed by atoms with Crippen molar-refractivity contribution in [2.24, 2.45) is 0 Å². The fraction of sp³-hybridized carbons (Fsp3) is 0.462. The number of benzene rings is 1. The van der Waals surface area contributed by atoms with E-state index in [9.17, 15) is 4.79 Å². The average molecular weight is 291 g/mol. The molecule has 0 aliphatic heterocycles. The van der Waals surface area contributed by atoms with Crippen LogP contribution in [0.3, 0.4) is 0 Å². The molecule has 0 bridgehead atoms. The SMILES string of the molecule is CCCOCCOCC(=O)c1cc(Cl)ccc1Cl. The average Bonchev–Trinajstić information content (AvgIpc) is 2.36. The van der Waals surface area contributed by atoms with Crippen molar-refractivity contribution in [2.75, 3.05) is 26.4 Å². The quantitative estimate of drug-likeness (QED) is 0.542. The third-order valence-corrected chi connectivity index (χ3v) is 2.75. The molecule has 0 aromatic heterocycles. The van der Waals surface area contributed by atoms with Gasteiger partial charge in [0.1, 0.15) is 6.61 Å². The topological polar surface area (TPSA) is 35.5 Å². The fourth-order valence-corrected chi connectivity index (χ4v) is 1.71. The summed E-state index contributed by atoms with van der Waals surface area (Å²) < 4.78 is 10.4. The number of ketones is 1. The molecule has 0 atom stereocenters. The summed E-state index contributed by atoms with van der Waals surface area (Å²) in [5, 5.41) is 0.865. The van der Waals surface area contributed by atoms with E-state index in [-0.39, 0.29) is 12.4 Å². The highest BCUT2D eigenvalue weighted by Crippen LogP contribution is 2.21. The molecule has 0 spiro atoms. The van der Waals surface area contributed by atoms with Gasteiger partial charge in [-0.15, -0.1) is 0 Å². The summed E-state index contributed by atoms with van der Waals surface area (Å²) in [6, 6.07) is 4.78. The van der Waals surface area contributed by atoms with Crippen molar-refractivity contribution in [3.8, 4) is 0 Å². The molecule has 0 amide bonds. The Hall–Kier alpha value is -0.610. The number of hydrogen-bond acceptors (Lipinski definition) is 3. The zero-order chi connectivity index (χ0) is 13.4. The van der Waals surface area contributed by atoms with E-state index in [1.54, 1.807) is 18.2 Å². The number of rotatable bonds is 8. The highest BCUT2D eigenvalue weighted by atomic mass is 35.5. The smallest absolute Gasteiger partial charge is 0.190 e. The van der Waals surface area contributed by atoms with Crippen LogP contribution in [0, 0.1) is 0 Å². The maximum Gasteiger partial charge on any atom is 0.190 e. The summed E-state index contributed by atoms with van der Waals surface area (Å²) in [6.45, 7) is 3.60. The van der Waals surface area contributed by atoms with Crippen molar-refractivity contribution in [3.63, 3.8) is 0 Å². The summed E-state index contributed by atoms with van der Waals surface area (Å²) in [5.74, 6) is -0.182. The third kappa shape index (κ3) is 5.36. The summed E-state index contributed by atoms with van der Waals surface area (Å²) in [7, 11) is 0. The summed E-state index contributed by atoms with van der Waals surface area (Å²) in [6.07, 6.45) is 0.969. The second-order valence-corrected chi connectivity index (χ2v) is 4.56. The van der Waals surface area contributed by atoms with Crippen molar-refractivity contribution in [3.05, 3.63) is 33.8 Å². The van der Waals surface area contributed by atoms with E-state index >= 15 is 0 Å². The predicted molar refractivity (Wildman–Crippen MR) is 72.7 cm³/mol. The molecule has 18 heavy (non-hydrogen) atoms. The molecule has 0 fully saturated rings. The second kappa shape index (κ2) is 8.48. The van der Waals surface area contributed by atoms with E-state index in [1.807, 2.05) is 6.92 Å². The Bertz CT molecular complexity index is 394. The van der Waals surface area contributed by atoms with Crippen LogP contribution < -0.4 is 0 Å². The van der Waals surface area contributed by atoms with Crippen LogP contribution in [-0.4, -0.2) is 32.2 Å². The lowest BCUT2D eigenvalue weighted by atomic mass is 10.1. The molecule has 1 rings (SSSR count). The Morgan fingerprint density at radius 2 is 1.89 bits per heavy atom. The zero-order valence-corrected chi connectivity index (χ0v) is 11.8. The molecule has 5 heteroatoms. The largest absolute Gasteiger partial charge is 0.379 e. The first-order valence-corrected chi connectivity index (χ1v) is 6.54. The van der Waals surface area contributed by atoms with Crippen molar-refractivity contribution in [2.45, 2.75) is 13.3 Å². The van der Waals surface area contributed by atoms with E-state index < -0.39 is 0 Å². The highest BCUT2D eigenvalue weighted by molar-refractivity contribution is 6.35. The minimum absolute atomic E-state index is 0.0183. The zero-order valence-electron chi connectivity index (χ0n) is 10.2. The number of carbonyl (C=O) groups is 1. The Kier molecular flexibility index (Phi) is 7.28. The van der Waals surface area contributed by atoms with Gasteiger partial charge in [-0.3, -0.25) is 4.79 Å². The van der Waals surface area contributed by atoms with Gasteiger partial charge in [-0.1, -0.05) is 30.1 Å². The lowest BCUT2D eigenvalue weighted by Gasteiger charge is -2.06. The molecule has 0 N–H and O–H groups in total. The van der Waals surface area contributed by atoms with Crippen LogP contribution in [0.15, 0.2) is 18.2 Å². The van der Waals surface area contributed by atoms with Crippen LogP contribution in [0.2, 0.25) is 10.0 Å². The first kappa shape index (κ1) is 15.4. The molecule has 1 aromatic carbocycles. The molecule has 0 radical (unpaired) electrons. The van der Waals surface area contributed by atoms with Crippen LogP contribution in [0.4, 0.5) is 0 Å². The molecule has 0 unspecified atom stereocenters. The lowest BCUT2D eigenvalue weighted by molar-refractivity contribution is 0.0441. The van der Waals surface area contributed by atoms with Gasteiger partial charge in [-0.25, -0.2) is 0 Å². The van der Waals surface area contributed by atoms with Crippen LogP contribution >= 0.6 is 23.2 Å². The van der Waals surface area contributed by atoms with Gasteiger partial charge >= 0.3 is 0 Å². The first-order chi connectivity index (χ1) is 8.65. The van der Waals surface area contributed by atoms with Crippen molar-refractivity contribution >= 4 is 29.0 Å². The van der Waals surface area contributed by atoms with Crippen LogP contribution in [-0.2, 0) is 9.47 Å². The maximum atomic E-state index is 11.8. The molecule has 3 nitrogen and oxygen atoms in total. The van der Waals surface area contributed by atoms with Gasteiger partial charge in [-0.05, 0) is 24.6 Å².